The molecular formula is C27H26N2O4. The summed E-state index contributed by atoms with van der Waals surface area (Å²) >= 11 is 0. The van der Waals surface area contributed by atoms with Crippen molar-refractivity contribution >= 4 is 16.7 Å². The number of carbonyl (C=O) groups excluding carboxylic acids is 1. The molecule has 0 unspecified atom stereocenters. The second-order valence-electron chi connectivity index (χ2n) is 10.2. The van der Waals surface area contributed by atoms with Crippen LogP contribution in [0.5, 0.6) is 11.5 Å². The van der Waals surface area contributed by atoms with Crippen LogP contribution < -0.4 is 10.1 Å². The normalized spacial score (nSPS) is 33.3. The SMILES string of the molecule is O=C(N[C@H]1CC[C@@]2(O)[C@@H]3CCC[C@@]24c2c(ccc(O)c2O[C@@H]14)C3)c1cc2ccccc2cn1. The Morgan fingerprint density at radius 1 is 1.12 bits per heavy atom. The van der Waals surface area contributed by atoms with Gasteiger partial charge in [-0.05, 0) is 61.1 Å². The number of nitrogens with zero attached hydrogens (tertiary/aromatic N) is 1. The number of hydrogen-bond donors (Lipinski definition) is 3. The largest absolute Gasteiger partial charge is 0.504 e. The van der Waals surface area contributed by atoms with Crippen molar-refractivity contribution in [1.29, 1.82) is 0 Å². The minimum atomic E-state index is -0.871. The fraction of sp³-hybridized carbons (Fsp3) is 0.407. The number of rotatable bonds is 2. The van der Waals surface area contributed by atoms with Gasteiger partial charge < -0.3 is 20.3 Å². The van der Waals surface area contributed by atoms with Crippen molar-refractivity contribution in [2.24, 2.45) is 5.92 Å². The van der Waals surface area contributed by atoms with Gasteiger partial charge in [0.05, 0.1) is 17.1 Å². The maximum absolute atomic E-state index is 13.3. The van der Waals surface area contributed by atoms with Crippen molar-refractivity contribution in [3.8, 4) is 11.5 Å². The van der Waals surface area contributed by atoms with Crippen molar-refractivity contribution in [3.05, 3.63) is 65.5 Å². The minimum absolute atomic E-state index is 0.116. The summed E-state index contributed by atoms with van der Waals surface area (Å²) in [7, 11) is 0. The van der Waals surface area contributed by atoms with E-state index in [1.54, 1.807) is 12.3 Å². The van der Waals surface area contributed by atoms with Crippen molar-refractivity contribution in [3.63, 3.8) is 0 Å². The van der Waals surface area contributed by atoms with Crippen LogP contribution >= 0.6 is 0 Å². The number of benzene rings is 2. The predicted molar refractivity (Wildman–Crippen MR) is 122 cm³/mol. The molecule has 33 heavy (non-hydrogen) atoms. The number of carbonyl (C=O) groups is 1. The van der Waals surface area contributed by atoms with E-state index < -0.39 is 17.1 Å². The third kappa shape index (κ3) is 2.37. The van der Waals surface area contributed by atoms with Crippen LogP contribution in [0.25, 0.3) is 10.8 Å². The standard InChI is InChI=1S/C27H26N2O4/c30-21-8-7-16-12-18-6-3-10-26-22(16)23(21)33-24(26)19(9-11-27(18,26)32)29-25(31)20-13-15-4-1-2-5-17(15)14-28-20/h1-2,4-5,7-8,13-14,18-19,24,30,32H,3,6,9-12H2,(H,29,31)/t18-,19+,24+,26+,27-/m1/s1. The summed E-state index contributed by atoms with van der Waals surface area (Å²) in [6.07, 6.45) is 6.18. The topological polar surface area (TPSA) is 91.7 Å². The Morgan fingerprint density at radius 2 is 1.97 bits per heavy atom. The molecule has 6 heteroatoms. The number of ether oxygens (including phenoxy) is 1. The molecule has 0 radical (unpaired) electrons. The monoisotopic (exact) mass is 442 g/mol. The summed E-state index contributed by atoms with van der Waals surface area (Å²) in [5.74, 6) is 0.560. The molecule has 3 N–H and O–H groups in total. The Bertz CT molecular complexity index is 1320. The number of fused-ring (bicyclic) bond motifs is 1. The molecule has 1 spiro atoms. The molecule has 6 nitrogen and oxygen atoms in total. The molecule has 1 amide bonds. The van der Waals surface area contributed by atoms with Crippen LogP contribution in [-0.2, 0) is 11.8 Å². The molecule has 2 bridgehead atoms. The molecule has 2 heterocycles. The third-order valence-electron chi connectivity index (χ3n) is 8.82. The molecule has 3 aromatic rings. The number of phenolic OH excluding ortho intramolecular Hbond substituents is 1. The van der Waals surface area contributed by atoms with Gasteiger partial charge in [0.15, 0.2) is 11.5 Å². The van der Waals surface area contributed by atoms with Crippen molar-refractivity contribution in [2.45, 2.75) is 61.7 Å². The lowest BCUT2D eigenvalue weighted by Gasteiger charge is -2.61. The van der Waals surface area contributed by atoms with E-state index in [-0.39, 0.29) is 23.6 Å². The first-order valence-electron chi connectivity index (χ1n) is 11.9. The fourth-order valence-corrected chi connectivity index (χ4v) is 7.45. The van der Waals surface area contributed by atoms with E-state index in [9.17, 15) is 15.0 Å². The molecule has 2 aromatic carbocycles. The first kappa shape index (κ1) is 19.4. The van der Waals surface area contributed by atoms with Crippen LogP contribution in [0.2, 0.25) is 0 Å². The van der Waals surface area contributed by atoms with E-state index >= 15 is 0 Å². The van der Waals surface area contributed by atoms with Crippen LogP contribution in [0.15, 0.2) is 48.7 Å². The number of phenols is 1. The Hall–Kier alpha value is -3.12. The molecule has 5 atom stereocenters. The van der Waals surface area contributed by atoms with E-state index in [0.717, 1.165) is 42.0 Å². The minimum Gasteiger partial charge on any atom is -0.504 e. The number of aromatic nitrogens is 1. The van der Waals surface area contributed by atoms with Crippen molar-refractivity contribution in [1.82, 2.24) is 10.3 Å². The number of pyridine rings is 1. The maximum atomic E-state index is 13.3. The Morgan fingerprint density at radius 3 is 2.85 bits per heavy atom. The van der Waals surface area contributed by atoms with Gasteiger partial charge in [-0.3, -0.25) is 9.78 Å². The molecular weight excluding hydrogens is 416 g/mol. The van der Waals surface area contributed by atoms with Crippen LogP contribution in [0.1, 0.15) is 53.7 Å². The average Bonchev–Trinajstić information content (AvgIpc) is 3.17. The van der Waals surface area contributed by atoms with Gasteiger partial charge in [0.25, 0.3) is 5.91 Å². The van der Waals surface area contributed by atoms with E-state index in [2.05, 4.69) is 10.3 Å². The lowest BCUT2D eigenvalue weighted by molar-refractivity contribution is -0.174. The number of amides is 1. The zero-order chi connectivity index (χ0) is 22.4. The van der Waals surface area contributed by atoms with Gasteiger partial charge in [-0.2, -0.15) is 0 Å². The Balaban J connectivity index is 1.28. The fourth-order valence-electron chi connectivity index (χ4n) is 7.45. The van der Waals surface area contributed by atoms with Gasteiger partial charge in [-0.25, -0.2) is 0 Å². The van der Waals surface area contributed by atoms with Gasteiger partial charge in [0.1, 0.15) is 11.8 Å². The maximum Gasteiger partial charge on any atom is 0.270 e. The third-order valence-corrected chi connectivity index (χ3v) is 8.82. The zero-order valence-corrected chi connectivity index (χ0v) is 18.3. The number of aliphatic hydroxyl groups is 1. The second-order valence-corrected chi connectivity index (χ2v) is 10.2. The van der Waals surface area contributed by atoms with Crippen molar-refractivity contribution in [2.75, 3.05) is 0 Å². The average molecular weight is 443 g/mol. The Labute approximate surface area is 191 Å². The van der Waals surface area contributed by atoms with E-state index in [4.69, 9.17) is 4.74 Å². The summed E-state index contributed by atoms with van der Waals surface area (Å²) in [5.41, 5.74) is 1.06. The van der Waals surface area contributed by atoms with Crippen LogP contribution in [0.3, 0.4) is 0 Å². The smallest absolute Gasteiger partial charge is 0.270 e. The summed E-state index contributed by atoms with van der Waals surface area (Å²) in [6.45, 7) is 0. The molecule has 2 fully saturated rings. The van der Waals surface area contributed by atoms with Crippen LogP contribution in [0, 0.1) is 5.92 Å². The summed E-state index contributed by atoms with van der Waals surface area (Å²) in [4.78, 5) is 17.6. The van der Waals surface area contributed by atoms with Gasteiger partial charge in [0.2, 0.25) is 0 Å². The lowest BCUT2D eigenvalue weighted by Crippen LogP contribution is -2.72. The number of nitrogens with one attached hydrogen (secondary N) is 1. The highest BCUT2D eigenvalue weighted by Crippen LogP contribution is 2.67. The predicted octanol–water partition coefficient (Wildman–Crippen LogP) is 3.62. The summed E-state index contributed by atoms with van der Waals surface area (Å²) in [6, 6.07) is 13.1. The lowest BCUT2D eigenvalue weighted by atomic mass is 9.45. The van der Waals surface area contributed by atoms with Crippen LogP contribution in [0.4, 0.5) is 0 Å². The number of hydrogen-bond acceptors (Lipinski definition) is 5. The highest BCUT2D eigenvalue weighted by molar-refractivity contribution is 5.96. The highest BCUT2D eigenvalue weighted by Gasteiger charge is 2.71. The Kier molecular flexibility index (Phi) is 3.80. The van der Waals surface area contributed by atoms with Gasteiger partial charge in [-0.15, -0.1) is 0 Å². The molecule has 168 valence electrons. The quantitative estimate of drug-likeness (QED) is 0.564. The molecule has 2 saturated carbocycles. The van der Waals surface area contributed by atoms with Gasteiger partial charge in [-0.1, -0.05) is 36.8 Å². The van der Waals surface area contributed by atoms with E-state index in [1.807, 2.05) is 36.4 Å². The molecule has 4 aliphatic rings. The van der Waals surface area contributed by atoms with Crippen LogP contribution in [-0.4, -0.2) is 38.9 Å². The number of aromatic hydroxyl groups is 1. The van der Waals surface area contributed by atoms with Crippen molar-refractivity contribution < 1.29 is 19.7 Å². The second kappa shape index (κ2) is 6.48. The summed E-state index contributed by atoms with van der Waals surface area (Å²) < 4.78 is 6.45. The molecule has 7 rings (SSSR count). The van der Waals surface area contributed by atoms with Gasteiger partial charge in [0, 0.05) is 17.1 Å². The molecule has 0 saturated heterocycles. The summed E-state index contributed by atoms with van der Waals surface area (Å²) in [5, 5.41) is 27.9. The first-order chi connectivity index (χ1) is 16.0. The van der Waals surface area contributed by atoms with Gasteiger partial charge >= 0.3 is 0 Å². The first-order valence-corrected chi connectivity index (χ1v) is 11.9. The molecule has 1 aliphatic heterocycles. The molecule has 3 aliphatic carbocycles. The zero-order valence-electron chi connectivity index (χ0n) is 18.3. The highest BCUT2D eigenvalue weighted by atomic mass is 16.5. The van der Waals surface area contributed by atoms with E-state index in [1.165, 1.54) is 5.56 Å². The van der Waals surface area contributed by atoms with E-state index in [0.29, 0.717) is 24.3 Å². The molecule has 1 aromatic heterocycles.